The topological polar surface area (TPSA) is 70.2 Å². The van der Waals surface area contributed by atoms with Crippen LogP contribution in [0, 0.1) is 0 Å². The Morgan fingerprint density at radius 1 is 1.30 bits per heavy atom. The van der Waals surface area contributed by atoms with Gasteiger partial charge >= 0.3 is 6.03 Å². The van der Waals surface area contributed by atoms with Gasteiger partial charge in [0.15, 0.2) is 0 Å². The Kier molecular flexibility index (Phi) is 4.04. The average molecular weight is 315 g/mol. The molecule has 0 fully saturated rings. The normalized spacial score (nSPS) is 23.8. The molecule has 2 aliphatic carbocycles. The monoisotopic (exact) mass is 315 g/mol. The molecule has 0 heterocycles. The van der Waals surface area contributed by atoms with Crippen LogP contribution in [-0.2, 0) is 10.2 Å². The van der Waals surface area contributed by atoms with E-state index < -0.39 is 0 Å². The molecule has 3 N–H and O–H groups in total. The molecule has 0 spiro atoms. The van der Waals surface area contributed by atoms with E-state index in [1.165, 1.54) is 29.5 Å². The maximum absolute atomic E-state index is 12.0. The molecule has 3 rings (SSSR count). The van der Waals surface area contributed by atoms with Gasteiger partial charge in [0.2, 0.25) is 5.91 Å². The maximum atomic E-state index is 12.0. The summed E-state index contributed by atoms with van der Waals surface area (Å²) in [6, 6.07) is 6.21. The molecule has 3 amide bonds. The lowest BCUT2D eigenvalue weighted by molar-refractivity contribution is -0.119. The van der Waals surface area contributed by atoms with E-state index in [4.69, 9.17) is 0 Å². The SMILES string of the molecule is CNC(=O)CNC(=O)N[C@H]1C[C@@H]2CCC(C)(C)c3cccc1c32. The van der Waals surface area contributed by atoms with E-state index in [-0.39, 0.29) is 29.9 Å². The summed E-state index contributed by atoms with van der Waals surface area (Å²) < 4.78 is 0. The van der Waals surface area contributed by atoms with Gasteiger partial charge in [-0.2, -0.15) is 0 Å². The lowest BCUT2D eigenvalue weighted by Gasteiger charge is -2.35. The summed E-state index contributed by atoms with van der Waals surface area (Å²) in [4.78, 5) is 23.3. The number of urea groups is 1. The first-order chi connectivity index (χ1) is 10.9. The maximum Gasteiger partial charge on any atom is 0.315 e. The Morgan fingerprint density at radius 3 is 2.83 bits per heavy atom. The first-order valence-corrected chi connectivity index (χ1v) is 8.30. The molecule has 0 aromatic heterocycles. The number of rotatable bonds is 3. The van der Waals surface area contributed by atoms with Gasteiger partial charge in [0.05, 0.1) is 12.6 Å². The predicted molar refractivity (Wildman–Crippen MR) is 89.4 cm³/mol. The Labute approximate surface area is 137 Å². The number of hydrogen-bond acceptors (Lipinski definition) is 2. The molecule has 0 radical (unpaired) electrons. The van der Waals surface area contributed by atoms with Gasteiger partial charge in [-0.1, -0.05) is 32.0 Å². The van der Waals surface area contributed by atoms with E-state index in [9.17, 15) is 9.59 Å². The van der Waals surface area contributed by atoms with E-state index in [1.807, 2.05) is 0 Å². The second-order valence-corrected chi connectivity index (χ2v) is 7.22. The Morgan fingerprint density at radius 2 is 2.09 bits per heavy atom. The molecule has 5 nitrogen and oxygen atoms in total. The zero-order valence-electron chi connectivity index (χ0n) is 14.0. The fraction of sp³-hybridized carbons (Fsp3) is 0.556. The molecule has 0 saturated carbocycles. The highest BCUT2D eigenvalue weighted by atomic mass is 16.2. The van der Waals surface area contributed by atoms with Crippen molar-refractivity contribution in [3.8, 4) is 0 Å². The molecule has 0 unspecified atom stereocenters. The number of likely N-dealkylation sites (N-methyl/N-ethyl adjacent to an activating group) is 1. The average Bonchev–Trinajstić information content (AvgIpc) is 2.88. The Balaban J connectivity index is 1.75. The molecule has 124 valence electrons. The minimum absolute atomic E-state index is 0.00158. The number of carbonyl (C=O) groups excluding carboxylic acids is 2. The summed E-state index contributed by atoms with van der Waals surface area (Å²) in [5.41, 5.74) is 4.33. The van der Waals surface area contributed by atoms with Gasteiger partial charge in [0, 0.05) is 7.05 Å². The summed E-state index contributed by atoms with van der Waals surface area (Å²) in [5.74, 6) is 0.338. The van der Waals surface area contributed by atoms with E-state index in [0.29, 0.717) is 5.92 Å². The summed E-state index contributed by atoms with van der Waals surface area (Å²) >= 11 is 0. The van der Waals surface area contributed by atoms with Crippen LogP contribution in [0.3, 0.4) is 0 Å². The van der Waals surface area contributed by atoms with E-state index in [0.717, 1.165) is 6.42 Å². The summed E-state index contributed by atoms with van der Waals surface area (Å²) in [7, 11) is 1.55. The third kappa shape index (κ3) is 2.92. The largest absolute Gasteiger partial charge is 0.358 e. The lowest BCUT2D eigenvalue weighted by Crippen LogP contribution is -2.42. The summed E-state index contributed by atoms with van der Waals surface area (Å²) in [5, 5.41) is 8.13. The molecule has 0 aliphatic heterocycles. The van der Waals surface area contributed by atoms with Crippen molar-refractivity contribution >= 4 is 11.9 Å². The first kappa shape index (κ1) is 15.8. The van der Waals surface area contributed by atoms with E-state index in [1.54, 1.807) is 7.05 Å². The second-order valence-electron chi connectivity index (χ2n) is 7.22. The quantitative estimate of drug-likeness (QED) is 0.801. The van der Waals surface area contributed by atoms with Gasteiger partial charge < -0.3 is 16.0 Å². The molecule has 1 aromatic carbocycles. The molecule has 2 aliphatic rings. The van der Waals surface area contributed by atoms with Crippen molar-refractivity contribution in [1.29, 1.82) is 0 Å². The molecule has 0 bridgehead atoms. The fourth-order valence-electron chi connectivity index (χ4n) is 3.99. The zero-order valence-corrected chi connectivity index (χ0v) is 14.0. The molecule has 0 saturated heterocycles. The molecular formula is C18H25N3O2. The molecule has 2 atom stereocenters. The highest BCUT2D eigenvalue weighted by molar-refractivity contribution is 5.83. The van der Waals surface area contributed by atoms with Crippen LogP contribution in [0.4, 0.5) is 4.79 Å². The van der Waals surface area contributed by atoms with Gasteiger partial charge in [-0.3, -0.25) is 4.79 Å². The van der Waals surface area contributed by atoms with Gasteiger partial charge in [0.1, 0.15) is 0 Å². The van der Waals surface area contributed by atoms with Crippen LogP contribution in [-0.4, -0.2) is 25.5 Å². The smallest absolute Gasteiger partial charge is 0.315 e. The van der Waals surface area contributed by atoms with Crippen LogP contribution >= 0.6 is 0 Å². The molecule has 1 aromatic rings. The van der Waals surface area contributed by atoms with Crippen LogP contribution in [0.15, 0.2) is 18.2 Å². The number of amides is 3. The van der Waals surface area contributed by atoms with Gasteiger partial charge in [0.25, 0.3) is 0 Å². The van der Waals surface area contributed by atoms with Crippen LogP contribution in [0.5, 0.6) is 0 Å². The number of benzene rings is 1. The van der Waals surface area contributed by atoms with Crippen molar-refractivity contribution in [3.63, 3.8) is 0 Å². The third-order valence-corrected chi connectivity index (χ3v) is 5.28. The lowest BCUT2D eigenvalue weighted by atomic mass is 9.69. The van der Waals surface area contributed by atoms with Crippen LogP contribution in [0.25, 0.3) is 0 Å². The van der Waals surface area contributed by atoms with Crippen molar-refractivity contribution < 1.29 is 9.59 Å². The number of carbonyl (C=O) groups is 2. The van der Waals surface area contributed by atoms with Crippen molar-refractivity contribution in [2.75, 3.05) is 13.6 Å². The van der Waals surface area contributed by atoms with Crippen molar-refractivity contribution in [3.05, 3.63) is 34.9 Å². The van der Waals surface area contributed by atoms with Crippen molar-refractivity contribution in [1.82, 2.24) is 16.0 Å². The minimum Gasteiger partial charge on any atom is -0.358 e. The standard InChI is InChI=1S/C18H25N3O2/c1-18(2)8-7-11-9-14(12-5-4-6-13(18)16(11)12)21-17(23)20-10-15(22)19-3/h4-6,11,14H,7-10H2,1-3H3,(H,19,22)(H2,20,21,23)/t11-,14-/m0/s1. The van der Waals surface area contributed by atoms with Crippen molar-refractivity contribution in [2.24, 2.45) is 0 Å². The van der Waals surface area contributed by atoms with Crippen LogP contribution in [0.2, 0.25) is 0 Å². The first-order valence-electron chi connectivity index (χ1n) is 8.30. The highest BCUT2D eigenvalue weighted by Gasteiger charge is 2.40. The van der Waals surface area contributed by atoms with Gasteiger partial charge in [-0.15, -0.1) is 0 Å². The van der Waals surface area contributed by atoms with Crippen LogP contribution in [0.1, 0.15) is 61.8 Å². The van der Waals surface area contributed by atoms with E-state index in [2.05, 4.69) is 48.0 Å². The molecule has 5 heteroatoms. The van der Waals surface area contributed by atoms with Crippen molar-refractivity contribution in [2.45, 2.75) is 50.5 Å². The predicted octanol–water partition coefficient (Wildman–Crippen LogP) is 2.33. The molecule has 23 heavy (non-hydrogen) atoms. The van der Waals surface area contributed by atoms with Crippen LogP contribution < -0.4 is 16.0 Å². The van der Waals surface area contributed by atoms with Gasteiger partial charge in [-0.25, -0.2) is 4.79 Å². The highest BCUT2D eigenvalue weighted by Crippen LogP contribution is 2.52. The van der Waals surface area contributed by atoms with Gasteiger partial charge in [-0.05, 0) is 47.3 Å². The minimum atomic E-state index is -0.283. The molecular weight excluding hydrogens is 290 g/mol. The summed E-state index contributed by atoms with van der Waals surface area (Å²) in [6.07, 6.45) is 3.31. The number of hydrogen-bond donors (Lipinski definition) is 3. The Bertz CT molecular complexity index is 639. The second kappa shape index (κ2) is 5.87. The number of nitrogens with one attached hydrogen (secondary N) is 3. The third-order valence-electron chi connectivity index (χ3n) is 5.28. The fourth-order valence-corrected chi connectivity index (χ4v) is 3.99. The van der Waals surface area contributed by atoms with E-state index >= 15 is 0 Å². The Hall–Kier alpha value is -2.04. The zero-order chi connectivity index (χ0) is 16.6. The summed E-state index contributed by atoms with van der Waals surface area (Å²) in [6.45, 7) is 4.60.